The van der Waals surface area contributed by atoms with Crippen LogP contribution in [0, 0.1) is 5.92 Å². The predicted molar refractivity (Wildman–Crippen MR) is 77.8 cm³/mol. The minimum atomic E-state index is -0.0309. The average molecular weight is 261 g/mol. The lowest BCUT2D eigenvalue weighted by atomic mass is 9.97. The molecular formula is C15H23N3O. The van der Waals surface area contributed by atoms with E-state index < -0.39 is 0 Å². The molecule has 1 aliphatic heterocycles. The van der Waals surface area contributed by atoms with Gasteiger partial charge < -0.3 is 11.1 Å². The first kappa shape index (κ1) is 14.0. The zero-order valence-electron chi connectivity index (χ0n) is 11.6. The minimum Gasteiger partial charge on any atom is -0.330 e. The summed E-state index contributed by atoms with van der Waals surface area (Å²) in [6.07, 6.45) is 2.42. The van der Waals surface area contributed by atoms with Gasteiger partial charge in [-0.25, -0.2) is 0 Å². The van der Waals surface area contributed by atoms with Gasteiger partial charge >= 0.3 is 0 Å². The van der Waals surface area contributed by atoms with E-state index in [1.54, 1.807) is 0 Å². The fraction of sp³-hybridized carbons (Fsp3) is 0.533. The van der Waals surface area contributed by atoms with E-state index in [2.05, 4.69) is 22.3 Å². The largest absolute Gasteiger partial charge is 0.330 e. The summed E-state index contributed by atoms with van der Waals surface area (Å²) in [5, 5.41) is 2.78. The third-order valence-corrected chi connectivity index (χ3v) is 3.72. The molecule has 1 aliphatic rings. The normalized spacial score (nSPS) is 17.4. The van der Waals surface area contributed by atoms with Crippen LogP contribution in [0.15, 0.2) is 24.3 Å². The molecule has 0 atom stereocenters. The average Bonchev–Trinajstić information content (AvgIpc) is 2.41. The van der Waals surface area contributed by atoms with Crippen molar-refractivity contribution in [1.82, 2.24) is 4.90 Å². The predicted octanol–water partition coefficient (Wildman–Crippen LogP) is 1.82. The fourth-order valence-corrected chi connectivity index (χ4v) is 2.54. The molecule has 1 aromatic rings. The Balaban J connectivity index is 1.84. The summed E-state index contributed by atoms with van der Waals surface area (Å²) >= 11 is 0. The molecule has 4 heteroatoms. The lowest BCUT2D eigenvalue weighted by molar-refractivity contribution is -0.114. The van der Waals surface area contributed by atoms with Gasteiger partial charge in [-0.3, -0.25) is 9.69 Å². The van der Waals surface area contributed by atoms with Crippen LogP contribution in [-0.2, 0) is 11.3 Å². The number of nitrogens with one attached hydrogen (secondary N) is 1. The summed E-state index contributed by atoms with van der Waals surface area (Å²) in [5.41, 5.74) is 7.86. The van der Waals surface area contributed by atoms with Crippen molar-refractivity contribution in [3.63, 3.8) is 0 Å². The number of nitrogens with zero attached hydrogens (tertiary/aromatic N) is 1. The van der Waals surface area contributed by atoms with E-state index in [0.29, 0.717) is 5.92 Å². The zero-order chi connectivity index (χ0) is 13.7. The number of carbonyl (C=O) groups excluding carboxylic acids is 1. The maximum Gasteiger partial charge on any atom is 0.221 e. The van der Waals surface area contributed by atoms with Crippen LogP contribution in [-0.4, -0.2) is 30.4 Å². The number of hydrogen-bond donors (Lipinski definition) is 2. The summed E-state index contributed by atoms with van der Waals surface area (Å²) in [6.45, 7) is 5.59. The van der Waals surface area contributed by atoms with E-state index in [1.165, 1.54) is 25.3 Å². The highest BCUT2D eigenvalue weighted by molar-refractivity contribution is 5.88. The quantitative estimate of drug-likeness (QED) is 0.869. The van der Waals surface area contributed by atoms with Gasteiger partial charge in [-0.1, -0.05) is 12.1 Å². The highest BCUT2D eigenvalue weighted by Gasteiger charge is 2.17. The van der Waals surface area contributed by atoms with Crippen molar-refractivity contribution in [2.45, 2.75) is 26.3 Å². The lowest BCUT2D eigenvalue weighted by Crippen LogP contribution is -2.35. The van der Waals surface area contributed by atoms with Crippen LogP contribution in [0.3, 0.4) is 0 Å². The van der Waals surface area contributed by atoms with Crippen molar-refractivity contribution >= 4 is 11.6 Å². The van der Waals surface area contributed by atoms with Gasteiger partial charge in [0.05, 0.1) is 0 Å². The van der Waals surface area contributed by atoms with Crippen molar-refractivity contribution in [1.29, 1.82) is 0 Å². The lowest BCUT2D eigenvalue weighted by Gasteiger charge is -2.31. The first-order chi connectivity index (χ1) is 9.17. The monoisotopic (exact) mass is 261 g/mol. The van der Waals surface area contributed by atoms with Gasteiger partial charge in [-0.05, 0) is 56.1 Å². The highest BCUT2D eigenvalue weighted by atomic mass is 16.1. The molecule has 1 fully saturated rings. The Kier molecular flexibility index (Phi) is 4.93. The molecular weight excluding hydrogens is 238 g/mol. The van der Waals surface area contributed by atoms with Crippen LogP contribution in [0.5, 0.6) is 0 Å². The number of rotatable bonds is 4. The number of nitrogens with two attached hydrogens (primary N) is 1. The van der Waals surface area contributed by atoms with Crippen LogP contribution >= 0.6 is 0 Å². The molecule has 1 aromatic carbocycles. The molecule has 1 heterocycles. The van der Waals surface area contributed by atoms with Gasteiger partial charge in [0.1, 0.15) is 0 Å². The number of piperidine rings is 1. The van der Waals surface area contributed by atoms with Gasteiger partial charge in [-0.2, -0.15) is 0 Å². The molecule has 0 aliphatic carbocycles. The van der Waals surface area contributed by atoms with Gasteiger partial charge in [-0.15, -0.1) is 0 Å². The Bertz CT molecular complexity index is 408. The third-order valence-electron chi connectivity index (χ3n) is 3.72. The van der Waals surface area contributed by atoms with E-state index in [1.807, 2.05) is 12.1 Å². The highest BCUT2D eigenvalue weighted by Crippen LogP contribution is 2.18. The topological polar surface area (TPSA) is 58.4 Å². The molecule has 0 saturated carbocycles. The summed E-state index contributed by atoms with van der Waals surface area (Å²) in [6, 6.07) is 8.09. The number of anilines is 1. The van der Waals surface area contributed by atoms with Crippen molar-refractivity contribution in [3.05, 3.63) is 29.8 Å². The van der Waals surface area contributed by atoms with E-state index in [4.69, 9.17) is 5.73 Å². The maximum atomic E-state index is 10.9. The summed E-state index contributed by atoms with van der Waals surface area (Å²) in [7, 11) is 0. The molecule has 19 heavy (non-hydrogen) atoms. The Hall–Kier alpha value is -1.39. The van der Waals surface area contributed by atoms with Gasteiger partial charge in [0, 0.05) is 19.2 Å². The first-order valence-electron chi connectivity index (χ1n) is 6.96. The Morgan fingerprint density at radius 1 is 1.32 bits per heavy atom. The minimum absolute atomic E-state index is 0.0309. The smallest absolute Gasteiger partial charge is 0.221 e. The van der Waals surface area contributed by atoms with Gasteiger partial charge in [0.25, 0.3) is 0 Å². The second-order valence-corrected chi connectivity index (χ2v) is 5.33. The second-order valence-electron chi connectivity index (χ2n) is 5.33. The standard InChI is InChI=1S/C15H23N3O/c1-12(19)17-15-4-2-14(3-5-15)11-18-8-6-13(10-16)7-9-18/h2-5,13H,6-11,16H2,1H3,(H,17,19). The van der Waals surface area contributed by atoms with E-state index in [-0.39, 0.29) is 5.91 Å². The molecule has 2 rings (SSSR count). The Labute approximate surface area is 115 Å². The van der Waals surface area contributed by atoms with Crippen molar-refractivity contribution in [2.75, 3.05) is 25.0 Å². The number of benzene rings is 1. The summed E-state index contributed by atoms with van der Waals surface area (Å²) in [5.74, 6) is 0.676. The molecule has 104 valence electrons. The number of hydrogen-bond acceptors (Lipinski definition) is 3. The van der Waals surface area contributed by atoms with E-state index in [0.717, 1.165) is 31.9 Å². The second kappa shape index (κ2) is 6.68. The van der Waals surface area contributed by atoms with E-state index >= 15 is 0 Å². The van der Waals surface area contributed by atoms with E-state index in [9.17, 15) is 4.79 Å². The van der Waals surface area contributed by atoms with Crippen molar-refractivity contribution < 1.29 is 4.79 Å². The number of likely N-dealkylation sites (tertiary alicyclic amines) is 1. The summed E-state index contributed by atoms with van der Waals surface area (Å²) in [4.78, 5) is 13.4. The molecule has 0 spiro atoms. The molecule has 0 bridgehead atoms. The maximum absolute atomic E-state index is 10.9. The molecule has 0 radical (unpaired) electrons. The van der Waals surface area contributed by atoms with Crippen LogP contribution in [0.4, 0.5) is 5.69 Å². The summed E-state index contributed by atoms with van der Waals surface area (Å²) < 4.78 is 0. The van der Waals surface area contributed by atoms with Gasteiger partial charge in [0.15, 0.2) is 0 Å². The molecule has 1 saturated heterocycles. The van der Waals surface area contributed by atoms with Crippen LogP contribution in [0.25, 0.3) is 0 Å². The molecule has 0 unspecified atom stereocenters. The Morgan fingerprint density at radius 3 is 2.47 bits per heavy atom. The zero-order valence-corrected chi connectivity index (χ0v) is 11.6. The molecule has 0 aromatic heterocycles. The van der Waals surface area contributed by atoms with Crippen LogP contribution in [0.2, 0.25) is 0 Å². The number of amides is 1. The first-order valence-corrected chi connectivity index (χ1v) is 6.96. The third kappa shape index (κ3) is 4.33. The Morgan fingerprint density at radius 2 is 1.95 bits per heavy atom. The van der Waals surface area contributed by atoms with Crippen LogP contribution in [0.1, 0.15) is 25.3 Å². The SMILES string of the molecule is CC(=O)Nc1ccc(CN2CCC(CN)CC2)cc1. The van der Waals surface area contributed by atoms with Gasteiger partial charge in [0.2, 0.25) is 5.91 Å². The molecule has 1 amide bonds. The molecule has 4 nitrogen and oxygen atoms in total. The van der Waals surface area contributed by atoms with Crippen LogP contribution < -0.4 is 11.1 Å². The number of carbonyl (C=O) groups is 1. The van der Waals surface area contributed by atoms with Crippen molar-refractivity contribution in [3.8, 4) is 0 Å². The fourth-order valence-electron chi connectivity index (χ4n) is 2.54. The molecule has 3 N–H and O–H groups in total. The van der Waals surface area contributed by atoms with Crippen molar-refractivity contribution in [2.24, 2.45) is 11.7 Å².